The van der Waals surface area contributed by atoms with E-state index in [1.165, 1.54) is 0 Å². The summed E-state index contributed by atoms with van der Waals surface area (Å²) in [6.07, 6.45) is 1.71. The van der Waals surface area contributed by atoms with Crippen molar-refractivity contribution in [3.8, 4) is 0 Å². The smallest absolute Gasteiger partial charge is 0.279 e. The Morgan fingerprint density at radius 3 is 2.48 bits per heavy atom. The van der Waals surface area contributed by atoms with Crippen molar-refractivity contribution >= 4 is 22.5 Å². The summed E-state index contributed by atoms with van der Waals surface area (Å²) >= 11 is 0. The van der Waals surface area contributed by atoms with Crippen LogP contribution in [-0.2, 0) is 28.9 Å². The second-order valence-electron chi connectivity index (χ2n) is 7.58. The SMILES string of the molecule is CCc1cccc(CC)c1NC(=O)C[NH+](CCOC)Cc1nc2ccccc2c(=O)[nH]1. The van der Waals surface area contributed by atoms with Crippen LogP contribution in [0.25, 0.3) is 10.9 Å². The number of methoxy groups -OCH3 is 1. The van der Waals surface area contributed by atoms with Crippen molar-refractivity contribution in [3.63, 3.8) is 0 Å². The second-order valence-corrected chi connectivity index (χ2v) is 7.58. The Morgan fingerprint density at radius 1 is 1.10 bits per heavy atom. The van der Waals surface area contributed by atoms with Crippen LogP contribution in [0.3, 0.4) is 0 Å². The Morgan fingerprint density at radius 2 is 1.81 bits per heavy atom. The van der Waals surface area contributed by atoms with Crippen LogP contribution in [0.2, 0.25) is 0 Å². The number of benzene rings is 2. The van der Waals surface area contributed by atoms with E-state index in [4.69, 9.17) is 4.74 Å². The van der Waals surface area contributed by atoms with Gasteiger partial charge in [-0.1, -0.05) is 44.2 Å². The molecule has 0 spiro atoms. The number of fused-ring (bicyclic) bond motifs is 1. The topological polar surface area (TPSA) is 88.5 Å². The number of aromatic nitrogens is 2. The minimum Gasteiger partial charge on any atom is -0.379 e. The zero-order chi connectivity index (χ0) is 22.2. The lowest BCUT2D eigenvalue weighted by atomic mass is 10.0. The van der Waals surface area contributed by atoms with E-state index in [0.717, 1.165) is 34.6 Å². The van der Waals surface area contributed by atoms with Gasteiger partial charge in [-0.3, -0.25) is 9.59 Å². The fraction of sp³-hybridized carbons (Fsp3) is 0.375. The average Bonchev–Trinajstić information content (AvgIpc) is 2.77. The van der Waals surface area contributed by atoms with Crippen molar-refractivity contribution in [1.82, 2.24) is 9.97 Å². The lowest BCUT2D eigenvalue weighted by Gasteiger charge is -2.20. The van der Waals surface area contributed by atoms with E-state index in [2.05, 4.69) is 29.1 Å². The number of quaternary nitrogens is 1. The van der Waals surface area contributed by atoms with Crippen LogP contribution in [0.5, 0.6) is 0 Å². The first-order chi connectivity index (χ1) is 15.0. The molecule has 31 heavy (non-hydrogen) atoms. The van der Waals surface area contributed by atoms with Gasteiger partial charge in [-0.25, -0.2) is 4.98 Å². The molecule has 3 rings (SSSR count). The van der Waals surface area contributed by atoms with Crippen molar-refractivity contribution in [2.24, 2.45) is 0 Å². The third-order valence-corrected chi connectivity index (χ3v) is 5.41. The molecule has 1 heterocycles. The molecule has 7 nitrogen and oxygen atoms in total. The molecular weight excluding hydrogens is 392 g/mol. The Bertz CT molecular complexity index is 1070. The number of hydrogen-bond donors (Lipinski definition) is 3. The van der Waals surface area contributed by atoms with Gasteiger partial charge in [0, 0.05) is 12.8 Å². The molecule has 0 aliphatic rings. The van der Waals surface area contributed by atoms with Crippen LogP contribution < -0.4 is 15.8 Å². The molecule has 7 heteroatoms. The first-order valence-corrected chi connectivity index (χ1v) is 10.8. The molecule has 1 unspecified atom stereocenters. The largest absolute Gasteiger partial charge is 0.379 e. The van der Waals surface area contributed by atoms with Gasteiger partial charge >= 0.3 is 0 Å². The van der Waals surface area contributed by atoms with E-state index in [1.54, 1.807) is 13.2 Å². The van der Waals surface area contributed by atoms with Gasteiger partial charge in [0.1, 0.15) is 13.1 Å². The van der Waals surface area contributed by atoms with E-state index in [1.807, 2.05) is 36.4 Å². The molecule has 1 atom stereocenters. The van der Waals surface area contributed by atoms with Crippen molar-refractivity contribution < 1.29 is 14.4 Å². The van der Waals surface area contributed by atoms with E-state index in [9.17, 15) is 9.59 Å². The highest BCUT2D eigenvalue weighted by Gasteiger charge is 2.19. The van der Waals surface area contributed by atoms with E-state index >= 15 is 0 Å². The standard InChI is InChI=1S/C24H30N4O3/c1-4-17-9-8-10-18(5-2)23(17)27-22(29)16-28(13-14-31-3)15-21-25-20-12-7-6-11-19(20)24(30)26-21/h6-12H,4-5,13-16H2,1-3H3,(H,27,29)(H,25,26,30)/p+1. The number of H-pyrrole nitrogens is 1. The monoisotopic (exact) mass is 423 g/mol. The zero-order valence-electron chi connectivity index (χ0n) is 18.5. The summed E-state index contributed by atoms with van der Waals surface area (Å²) in [5.41, 5.74) is 3.67. The quantitative estimate of drug-likeness (QED) is 0.463. The maximum Gasteiger partial charge on any atom is 0.279 e. The Labute approximate surface area is 182 Å². The predicted octanol–water partition coefficient (Wildman–Crippen LogP) is 1.72. The van der Waals surface area contributed by atoms with Crippen LogP contribution in [-0.4, -0.2) is 42.7 Å². The maximum absolute atomic E-state index is 12.9. The van der Waals surface area contributed by atoms with Gasteiger partial charge in [-0.2, -0.15) is 0 Å². The van der Waals surface area contributed by atoms with Gasteiger partial charge in [0.05, 0.1) is 17.5 Å². The fourth-order valence-corrected chi connectivity index (χ4v) is 3.75. The number of ether oxygens (including phenoxy) is 1. The maximum atomic E-state index is 12.9. The minimum absolute atomic E-state index is 0.0650. The summed E-state index contributed by atoms with van der Waals surface area (Å²) < 4.78 is 5.23. The molecule has 1 amide bonds. The molecule has 0 saturated heterocycles. The number of nitrogens with one attached hydrogen (secondary N) is 3. The summed E-state index contributed by atoms with van der Waals surface area (Å²) in [6, 6.07) is 13.4. The van der Waals surface area contributed by atoms with Crippen LogP contribution in [0.1, 0.15) is 30.8 Å². The van der Waals surface area contributed by atoms with Crippen molar-refractivity contribution in [2.45, 2.75) is 33.2 Å². The Kier molecular flexibility index (Phi) is 7.92. The second kappa shape index (κ2) is 10.8. The molecule has 0 fully saturated rings. The highest BCUT2D eigenvalue weighted by molar-refractivity contribution is 5.93. The Balaban J connectivity index is 1.78. The average molecular weight is 424 g/mol. The van der Waals surface area contributed by atoms with Crippen molar-refractivity contribution in [1.29, 1.82) is 0 Å². The van der Waals surface area contributed by atoms with Crippen LogP contribution in [0.4, 0.5) is 5.69 Å². The summed E-state index contributed by atoms with van der Waals surface area (Å²) in [6.45, 7) is 5.97. The highest BCUT2D eigenvalue weighted by atomic mass is 16.5. The zero-order valence-corrected chi connectivity index (χ0v) is 18.5. The number of rotatable bonds is 10. The third kappa shape index (κ3) is 5.77. The molecule has 0 aliphatic heterocycles. The molecule has 3 aromatic rings. The first kappa shape index (κ1) is 22.7. The summed E-state index contributed by atoms with van der Waals surface area (Å²) in [5.74, 6) is 0.496. The lowest BCUT2D eigenvalue weighted by Crippen LogP contribution is -3.12. The van der Waals surface area contributed by atoms with E-state index in [0.29, 0.717) is 36.4 Å². The molecule has 0 saturated carbocycles. The predicted molar refractivity (Wildman–Crippen MR) is 122 cm³/mol. The molecule has 3 N–H and O–H groups in total. The first-order valence-electron chi connectivity index (χ1n) is 10.8. The third-order valence-electron chi connectivity index (χ3n) is 5.41. The molecule has 0 aliphatic carbocycles. The summed E-state index contributed by atoms with van der Waals surface area (Å²) in [5, 5.41) is 3.68. The fourth-order valence-electron chi connectivity index (χ4n) is 3.75. The number of amides is 1. The van der Waals surface area contributed by atoms with Crippen molar-refractivity contribution in [2.75, 3.05) is 32.1 Å². The number of carbonyl (C=O) groups excluding carboxylic acids is 1. The summed E-state index contributed by atoms with van der Waals surface area (Å²) in [7, 11) is 1.64. The molecule has 164 valence electrons. The molecule has 1 aromatic heterocycles. The van der Waals surface area contributed by atoms with Gasteiger partial charge < -0.3 is 19.9 Å². The molecular formula is C24H31N4O3+. The number of aromatic amines is 1. The normalized spacial score (nSPS) is 12.1. The molecule has 0 bridgehead atoms. The van der Waals surface area contributed by atoms with Crippen LogP contribution in [0.15, 0.2) is 47.3 Å². The van der Waals surface area contributed by atoms with E-state index in [-0.39, 0.29) is 18.0 Å². The minimum atomic E-state index is -0.166. The van der Waals surface area contributed by atoms with Gasteiger partial charge in [-0.05, 0) is 36.1 Å². The highest BCUT2D eigenvalue weighted by Crippen LogP contribution is 2.22. The summed E-state index contributed by atoms with van der Waals surface area (Å²) in [4.78, 5) is 33.7. The number of anilines is 1. The number of nitrogens with zero attached hydrogens (tertiary/aromatic N) is 1. The molecule has 0 radical (unpaired) electrons. The van der Waals surface area contributed by atoms with Crippen LogP contribution in [0, 0.1) is 0 Å². The number of para-hydroxylation sites is 2. The molecule has 2 aromatic carbocycles. The van der Waals surface area contributed by atoms with Gasteiger partial charge in [0.15, 0.2) is 12.4 Å². The van der Waals surface area contributed by atoms with Crippen LogP contribution >= 0.6 is 0 Å². The van der Waals surface area contributed by atoms with Gasteiger partial charge in [0.2, 0.25) is 0 Å². The van der Waals surface area contributed by atoms with E-state index < -0.39 is 0 Å². The van der Waals surface area contributed by atoms with Crippen molar-refractivity contribution in [3.05, 3.63) is 69.8 Å². The number of carbonyl (C=O) groups is 1. The number of hydrogen-bond acceptors (Lipinski definition) is 4. The Hall–Kier alpha value is -3.03. The van der Waals surface area contributed by atoms with Gasteiger partial charge in [0.25, 0.3) is 11.5 Å². The number of aryl methyl sites for hydroxylation is 2. The lowest BCUT2D eigenvalue weighted by molar-refractivity contribution is -0.906. The van der Waals surface area contributed by atoms with Gasteiger partial charge in [-0.15, -0.1) is 0 Å².